The molecule has 0 unspecified atom stereocenters. The standard InChI is InChI=1S/C18H17N/c1-3-7-15(8-4-1)11-17-13-19-14-18(17)12-16-9-5-2-6-10-16/h1-12,19H,13-14H2/b17-11-,18-12+. The quantitative estimate of drug-likeness (QED) is 0.852. The Bertz CT molecular complexity index is 539. The summed E-state index contributed by atoms with van der Waals surface area (Å²) in [5.41, 5.74) is 5.30. The molecular formula is C18H17N. The molecule has 0 atom stereocenters. The summed E-state index contributed by atoms with van der Waals surface area (Å²) >= 11 is 0. The number of hydrogen-bond acceptors (Lipinski definition) is 1. The summed E-state index contributed by atoms with van der Waals surface area (Å²) in [5, 5.41) is 3.43. The van der Waals surface area contributed by atoms with E-state index in [0.717, 1.165) is 13.1 Å². The van der Waals surface area contributed by atoms with Crippen LogP contribution in [0.15, 0.2) is 71.8 Å². The molecule has 1 nitrogen and oxygen atoms in total. The van der Waals surface area contributed by atoms with Crippen LogP contribution in [-0.4, -0.2) is 13.1 Å². The molecule has 3 rings (SSSR count). The van der Waals surface area contributed by atoms with Crippen LogP contribution in [0.2, 0.25) is 0 Å². The van der Waals surface area contributed by atoms with Gasteiger partial charge in [0.15, 0.2) is 0 Å². The van der Waals surface area contributed by atoms with Crippen LogP contribution < -0.4 is 5.32 Å². The Morgan fingerprint density at radius 3 is 1.47 bits per heavy atom. The van der Waals surface area contributed by atoms with E-state index in [1.54, 1.807) is 0 Å². The molecule has 2 aromatic rings. The Balaban J connectivity index is 1.90. The van der Waals surface area contributed by atoms with Gasteiger partial charge in [-0.1, -0.05) is 72.8 Å². The normalized spacial score (nSPS) is 19.2. The van der Waals surface area contributed by atoms with Crippen LogP contribution in [0.25, 0.3) is 12.2 Å². The van der Waals surface area contributed by atoms with Crippen molar-refractivity contribution in [3.63, 3.8) is 0 Å². The first kappa shape index (κ1) is 11.9. The van der Waals surface area contributed by atoms with Gasteiger partial charge in [0.05, 0.1) is 0 Å². The zero-order valence-corrected chi connectivity index (χ0v) is 10.8. The molecule has 1 aliphatic heterocycles. The van der Waals surface area contributed by atoms with Crippen LogP contribution in [0.3, 0.4) is 0 Å². The maximum absolute atomic E-state index is 3.43. The summed E-state index contributed by atoms with van der Waals surface area (Å²) in [4.78, 5) is 0. The third-order valence-corrected chi connectivity index (χ3v) is 3.32. The van der Waals surface area contributed by atoms with Gasteiger partial charge < -0.3 is 5.32 Å². The highest BCUT2D eigenvalue weighted by Crippen LogP contribution is 2.21. The SMILES string of the molecule is C(=C1/CNC/C1=C/c1ccccc1)/c1ccccc1. The fourth-order valence-electron chi connectivity index (χ4n) is 2.35. The van der Waals surface area contributed by atoms with Gasteiger partial charge in [0.1, 0.15) is 0 Å². The third kappa shape index (κ3) is 3.01. The Labute approximate surface area is 114 Å². The average Bonchev–Trinajstić information content (AvgIpc) is 2.88. The van der Waals surface area contributed by atoms with Gasteiger partial charge in [-0.15, -0.1) is 0 Å². The van der Waals surface area contributed by atoms with Crippen molar-refractivity contribution in [2.24, 2.45) is 0 Å². The van der Waals surface area contributed by atoms with Crippen molar-refractivity contribution in [2.45, 2.75) is 0 Å². The molecule has 94 valence electrons. The van der Waals surface area contributed by atoms with Crippen LogP contribution in [-0.2, 0) is 0 Å². The predicted molar refractivity (Wildman–Crippen MR) is 81.7 cm³/mol. The molecular weight excluding hydrogens is 230 g/mol. The minimum Gasteiger partial charge on any atom is -0.309 e. The molecule has 1 aliphatic rings. The molecule has 2 aromatic carbocycles. The third-order valence-electron chi connectivity index (χ3n) is 3.32. The van der Waals surface area contributed by atoms with Crippen LogP contribution in [0.5, 0.6) is 0 Å². The van der Waals surface area contributed by atoms with E-state index in [1.165, 1.54) is 22.3 Å². The predicted octanol–water partition coefficient (Wildman–Crippen LogP) is 3.76. The van der Waals surface area contributed by atoms with Gasteiger partial charge in [0.2, 0.25) is 0 Å². The minimum absolute atomic E-state index is 0.952. The van der Waals surface area contributed by atoms with Gasteiger partial charge in [-0.3, -0.25) is 0 Å². The molecule has 1 N–H and O–H groups in total. The van der Waals surface area contributed by atoms with Gasteiger partial charge in [0, 0.05) is 13.1 Å². The van der Waals surface area contributed by atoms with Crippen molar-refractivity contribution in [3.05, 3.63) is 82.9 Å². The van der Waals surface area contributed by atoms with Crippen LogP contribution >= 0.6 is 0 Å². The molecule has 0 bridgehead atoms. The Kier molecular flexibility index (Phi) is 3.57. The van der Waals surface area contributed by atoms with Gasteiger partial charge >= 0.3 is 0 Å². The largest absolute Gasteiger partial charge is 0.309 e. The van der Waals surface area contributed by atoms with Crippen LogP contribution in [0.1, 0.15) is 11.1 Å². The summed E-state index contributed by atoms with van der Waals surface area (Å²) < 4.78 is 0. The maximum atomic E-state index is 3.43. The molecule has 0 radical (unpaired) electrons. The number of benzene rings is 2. The lowest BCUT2D eigenvalue weighted by Gasteiger charge is -2.01. The van der Waals surface area contributed by atoms with Gasteiger partial charge in [-0.25, -0.2) is 0 Å². The van der Waals surface area contributed by atoms with Crippen LogP contribution in [0, 0.1) is 0 Å². The fraction of sp³-hybridized carbons (Fsp3) is 0.111. The molecule has 1 heteroatoms. The zero-order chi connectivity index (χ0) is 12.9. The summed E-state index contributed by atoms with van der Waals surface area (Å²) in [5.74, 6) is 0. The summed E-state index contributed by atoms with van der Waals surface area (Å²) in [6, 6.07) is 21.0. The Morgan fingerprint density at radius 1 is 0.632 bits per heavy atom. The second kappa shape index (κ2) is 5.68. The topological polar surface area (TPSA) is 12.0 Å². The molecule has 1 heterocycles. The summed E-state index contributed by atoms with van der Waals surface area (Å²) in [6.07, 6.45) is 4.55. The lowest BCUT2D eigenvalue weighted by atomic mass is 10.0. The van der Waals surface area contributed by atoms with Crippen molar-refractivity contribution < 1.29 is 0 Å². The molecule has 0 aliphatic carbocycles. The summed E-state index contributed by atoms with van der Waals surface area (Å²) in [6.45, 7) is 1.90. The molecule has 1 fully saturated rings. The van der Waals surface area contributed by atoms with Gasteiger partial charge in [-0.05, 0) is 22.3 Å². The van der Waals surface area contributed by atoms with Crippen LogP contribution in [0.4, 0.5) is 0 Å². The van der Waals surface area contributed by atoms with E-state index in [2.05, 4.69) is 78.1 Å². The van der Waals surface area contributed by atoms with E-state index in [0.29, 0.717) is 0 Å². The van der Waals surface area contributed by atoms with E-state index in [1.807, 2.05) is 0 Å². The first-order valence-electron chi connectivity index (χ1n) is 6.64. The first-order valence-corrected chi connectivity index (χ1v) is 6.64. The van der Waals surface area contributed by atoms with Crippen molar-refractivity contribution in [1.29, 1.82) is 0 Å². The molecule has 0 aromatic heterocycles. The first-order chi connectivity index (χ1) is 9.42. The second-order valence-electron chi connectivity index (χ2n) is 4.76. The average molecular weight is 247 g/mol. The van der Waals surface area contributed by atoms with E-state index in [4.69, 9.17) is 0 Å². The van der Waals surface area contributed by atoms with Crippen molar-refractivity contribution >= 4 is 12.2 Å². The number of rotatable bonds is 2. The molecule has 0 amide bonds. The van der Waals surface area contributed by atoms with E-state index >= 15 is 0 Å². The number of hydrogen-bond donors (Lipinski definition) is 1. The second-order valence-corrected chi connectivity index (χ2v) is 4.76. The van der Waals surface area contributed by atoms with E-state index in [9.17, 15) is 0 Å². The monoisotopic (exact) mass is 247 g/mol. The highest BCUT2D eigenvalue weighted by molar-refractivity contribution is 5.68. The Hall–Kier alpha value is -2.12. The molecule has 0 spiro atoms. The lowest BCUT2D eigenvalue weighted by molar-refractivity contribution is 0.897. The zero-order valence-electron chi connectivity index (χ0n) is 10.8. The Morgan fingerprint density at radius 2 is 1.05 bits per heavy atom. The van der Waals surface area contributed by atoms with Crippen molar-refractivity contribution in [3.8, 4) is 0 Å². The van der Waals surface area contributed by atoms with Crippen molar-refractivity contribution in [1.82, 2.24) is 5.32 Å². The summed E-state index contributed by atoms with van der Waals surface area (Å²) in [7, 11) is 0. The number of nitrogens with one attached hydrogen (secondary N) is 1. The molecule has 1 saturated heterocycles. The molecule has 19 heavy (non-hydrogen) atoms. The minimum atomic E-state index is 0.952. The highest BCUT2D eigenvalue weighted by Gasteiger charge is 2.12. The fourth-order valence-corrected chi connectivity index (χ4v) is 2.35. The lowest BCUT2D eigenvalue weighted by Crippen LogP contribution is -2.05. The smallest absolute Gasteiger partial charge is 0.0212 e. The maximum Gasteiger partial charge on any atom is 0.0212 e. The molecule has 0 saturated carbocycles. The van der Waals surface area contributed by atoms with E-state index in [-0.39, 0.29) is 0 Å². The van der Waals surface area contributed by atoms with Crippen molar-refractivity contribution in [2.75, 3.05) is 13.1 Å². The van der Waals surface area contributed by atoms with E-state index < -0.39 is 0 Å². The van der Waals surface area contributed by atoms with Gasteiger partial charge in [-0.2, -0.15) is 0 Å². The highest BCUT2D eigenvalue weighted by atomic mass is 14.9. The van der Waals surface area contributed by atoms with Gasteiger partial charge in [0.25, 0.3) is 0 Å².